The summed E-state index contributed by atoms with van der Waals surface area (Å²) in [5, 5.41) is 0. The average Bonchev–Trinajstić information content (AvgIpc) is 0.839. The lowest BCUT2D eigenvalue weighted by atomic mass is 10.2. The van der Waals surface area contributed by atoms with Gasteiger partial charge in [0.1, 0.15) is 69.0 Å². The van der Waals surface area contributed by atoms with Crippen molar-refractivity contribution < 1.29 is 72.5 Å². The van der Waals surface area contributed by atoms with Gasteiger partial charge in [-0.3, -0.25) is 0 Å². The standard InChI is InChI=1S/4C21H21O4P/c1-16-4-10-19(11-5-16)23-26(22,24-20-12-6-17(2)7-13-20)25-21-14-8-18(3)9-15-21;1-16-7-4-10-19(13-16)23-26(22,24-20-11-5-8-17(2)14-20)25-21-12-6-9-18(3)15-21;1-16-10-12-19(13-11-16)23-26(22,24-20-8-4-6-17(2)14-20)25-21-9-5-7-18(3)15-21;1-16-7-11-19(12-8-16)23-26(22,24-20-13-9-17(2)10-14-20)25-21-6-4-5-18(3)15-21/h4*4-15H,1-3H3. The third-order valence-corrected chi connectivity index (χ3v) is 19.9. The molecule has 536 valence electrons. The van der Waals surface area contributed by atoms with Gasteiger partial charge in [-0.05, 0) is 262 Å². The van der Waals surface area contributed by atoms with Crippen LogP contribution in [0, 0.1) is 83.1 Å². The van der Waals surface area contributed by atoms with Crippen LogP contribution in [-0.4, -0.2) is 0 Å². The highest BCUT2D eigenvalue weighted by molar-refractivity contribution is 7.50. The quantitative estimate of drug-likeness (QED) is 0.0521. The van der Waals surface area contributed by atoms with E-state index in [1.54, 1.807) is 146 Å². The molecule has 0 bridgehead atoms. The first-order chi connectivity index (χ1) is 49.7. The Morgan fingerprint density at radius 2 is 0.260 bits per heavy atom. The summed E-state index contributed by atoms with van der Waals surface area (Å²) in [6, 6.07) is 86.9. The van der Waals surface area contributed by atoms with Crippen molar-refractivity contribution in [2.24, 2.45) is 0 Å². The molecule has 0 N–H and O–H groups in total. The molecular formula is C84H84O16P4. The first kappa shape index (κ1) is 77.3. The van der Waals surface area contributed by atoms with Crippen molar-refractivity contribution in [2.75, 3.05) is 0 Å². The number of hydrogen-bond acceptors (Lipinski definition) is 16. The fraction of sp³-hybridized carbons (Fsp3) is 0.143. The number of phosphoric ester groups is 4. The number of phosphoric acid groups is 4. The Bertz CT molecular complexity index is 4610. The maximum absolute atomic E-state index is 13.4. The van der Waals surface area contributed by atoms with Gasteiger partial charge >= 0.3 is 31.3 Å². The molecule has 0 saturated carbocycles. The van der Waals surface area contributed by atoms with Crippen molar-refractivity contribution in [3.8, 4) is 69.0 Å². The summed E-state index contributed by atoms with van der Waals surface area (Å²) >= 11 is 0. The Labute approximate surface area is 610 Å². The van der Waals surface area contributed by atoms with E-state index >= 15 is 0 Å². The van der Waals surface area contributed by atoms with Gasteiger partial charge in [-0.1, -0.05) is 179 Å². The Balaban J connectivity index is 0.000000161. The second-order valence-corrected chi connectivity index (χ2v) is 30.4. The maximum atomic E-state index is 13.4. The molecule has 0 aromatic heterocycles. The summed E-state index contributed by atoms with van der Waals surface area (Å²) in [5.41, 5.74) is 12.4. The molecule has 0 aliphatic heterocycles. The number of benzene rings is 12. The molecule has 0 aliphatic rings. The van der Waals surface area contributed by atoms with Crippen molar-refractivity contribution in [1.29, 1.82) is 0 Å². The highest BCUT2D eigenvalue weighted by Crippen LogP contribution is 2.54. The Morgan fingerprint density at radius 1 is 0.144 bits per heavy atom. The maximum Gasteiger partial charge on any atom is 0.647 e. The van der Waals surface area contributed by atoms with Crippen LogP contribution in [0.1, 0.15) is 66.8 Å². The summed E-state index contributed by atoms with van der Waals surface area (Å²) in [4.78, 5) is 0. The second-order valence-electron chi connectivity index (χ2n) is 24.7. The lowest BCUT2D eigenvalue weighted by Gasteiger charge is -2.20. The molecule has 0 saturated heterocycles. The Hall–Kier alpha value is -10.8. The van der Waals surface area contributed by atoms with Crippen LogP contribution >= 0.6 is 31.3 Å². The van der Waals surface area contributed by atoms with Crippen LogP contribution in [0.3, 0.4) is 0 Å². The highest BCUT2D eigenvalue weighted by atomic mass is 31.2. The summed E-state index contributed by atoms with van der Waals surface area (Å²) < 4.78 is 121. The predicted molar refractivity (Wildman–Crippen MR) is 412 cm³/mol. The topological polar surface area (TPSA) is 179 Å². The second kappa shape index (κ2) is 36.3. The van der Waals surface area contributed by atoms with Gasteiger partial charge in [0.2, 0.25) is 0 Å². The van der Waals surface area contributed by atoms with E-state index in [2.05, 4.69) is 0 Å². The van der Waals surface area contributed by atoms with Crippen LogP contribution in [0.4, 0.5) is 0 Å². The van der Waals surface area contributed by atoms with Crippen LogP contribution < -0.4 is 54.3 Å². The first-order valence-electron chi connectivity index (χ1n) is 33.2. The van der Waals surface area contributed by atoms with E-state index < -0.39 is 31.3 Å². The van der Waals surface area contributed by atoms with Gasteiger partial charge in [-0.15, -0.1) is 0 Å². The summed E-state index contributed by atoms with van der Waals surface area (Å²) in [6.07, 6.45) is 0. The molecule has 0 fully saturated rings. The molecule has 20 heteroatoms. The van der Waals surface area contributed by atoms with E-state index in [1.807, 2.05) is 229 Å². The van der Waals surface area contributed by atoms with Gasteiger partial charge < -0.3 is 54.3 Å². The van der Waals surface area contributed by atoms with Gasteiger partial charge in [-0.2, -0.15) is 18.3 Å². The first-order valence-corrected chi connectivity index (χ1v) is 39.1. The molecule has 12 rings (SSSR count). The monoisotopic (exact) mass is 1470 g/mol. The van der Waals surface area contributed by atoms with Crippen LogP contribution in [0.25, 0.3) is 0 Å². The third kappa shape index (κ3) is 25.9. The molecule has 16 nitrogen and oxygen atoms in total. The molecule has 0 aliphatic carbocycles. The Kier molecular flexibility index (Phi) is 27.0. The van der Waals surface area contributed by atoms with E-state index in [-0.39, 0.29) is 0 Å². The lowest BCUT2D eigenvalue weighted by Crippen LogP contribution is -2.08. The van der Waals surface area contributed by atoms with Crippen molar-refractivity contribution >= 4 is 31.3 Å². The van der Waals surface area contributed by atoms with Crippen LogP contribution in [-0.2, 0) is 18.3 Å². The number of rotatable bonds is 24. The molecule has 0 amide bonds. The lowest BCUT2D eigenvalue weighted by molar-refractivity contribution is 0.296. The zero-order chi connectivity index (χ0) is 74.3. The summed E-state index contributed by atoms with van der Waals surface area (Å²) in [6.45, 7) is 23.4. The van der Waals surface area contributed by atoms with Crippen molar-refractivity contribution in [2.45, 2.75) is 83.1 Å². The predicted octanol–water partition coefficient (Wildman–Crippen LogP) is 25.0. The van der Waals surface area contributed by atoms with E-state index in [0.29, 0.717) is 69.0 Å². The van der Waals surface area contributed by atoms with Gasteiger partial charge in [0.25, 0.3) is 0 Å². The smallest absolute Gasteiger partial charge is 0.386 e. The van der Waals surface area contributed by atoms with E-state index in [1.165, 1.54) is 0 Å². The van der Waals surface area contributed by atoms with E-state index in [4.69, 9.17) is 54.3 Å². The van der Waals surface area contributed by atoms with Crippen LogP contribution in [0.2, 0.25) is 0 Å². The zero-order valence-corrected chi connectivity index (χ0v) is 63.6. The molecule has 0 radical (unpaired) electrons. The molecule has 12 aromatic carbocycles. The van der Waals surface area contributed by atoms with Gasteiger partial charge in [0, 0.05) is 0 Å². The largest absolute Gasteiger partial charge is 0.647 e. The normalized spacial score (nSPS) is 11.0. The third-order valence-electron chi connectivity index (χ3n) is 14.7. The van der Waals surface area contributed by atoms with Gasteiger partial charge in [-0.25, -0.2) is 0 Å². The SMILES string of the molecule is Cc1ccc(OP(=O)(Oc2ccc(C)cc2)Oc2ccc(C)cc2)cc1.Cc1ccc(OP(=O)(Oc2ccc(C)cc2)Oc2cccc(C)c2)cc1.Cc1ccc(OP(=O)(Oc2cccc(C)c2)Oc2cccc(C)c2)cc1.Cc1cccc(OP(=O)(Oc2cccc(C)c2)Oc2cccc(C)c2)c1. The van der Waals surface area contributed by atoms with Crippen molar-refractivity contribution in [1.82, 2.24) is 0 Å². The fourth-order valence-corrected chi connectivity index (χ4v) is 14.4. The summed E-state index contributed by atoms with van der Waals surface area (Å²) in [7, 11) is -15.7. The molecule has 104 heavy (non-hydrogen) atoms. The van der Waals surface area contributed by atoms with Crippen LogP contribution in [0.15, 0.2) is 291 Å². The minimum absolute atomic E-state index is 0.415. The van der Waals surface area contributed by atoms with Crippen molar-refractivity contribution in [3.63, 3.8) is 0 Å². The van der Waals surface area contributed by atoms with Crippen LogP contribution in [0.5, 0.6) is 69.0 Å². The Morgan fingerprint density at radius 3 is 0.375 bits per heavy atom. The van der Waals surface area contributed by atoms with E-state index in [0.717, 1.165) is 66.8 Å². The molecule has 0 spiro atoms. The molecule has 0 heterocycles. The number of aryl methyl sites for hydroxylation is 12. The van der Waals surface area contributed by atoms with Crippen molar-refractivity contribution in [3.05, 3.63) is 358 Å². The van der Waals surface area contributed by atoms with E-state index in [9.17, 15) is 18.3 Å². The fourth-order valence-electron chi connectivity index (χ4n) is 9.40. The molecule has 0 unspecified atom stereocenters. The molecule has 12 aromatic rings. The molecular weight excluding hydrogens is 1390 g/mol. The minimum atomic E-state index is -3.94. The van der Waals surface area contributed by atoms with Gasteiger partial charge in [0.05, 0.1) is 0 Å². The summed E-state index contributed by atoms with van der Waals surface area (Å²) in [5.74, 6) is 5.04. The zero-order valence-electron chi connectivity index (χ0n) is 60.0. The highest BCUT2D eigenvalue weighted by Gasteiger charge is 2.37. The average molecular weight is 1470 g/mol. The number of hydrogen-bond donors (Lipinski definition) is 0. The van der Waals surface area contributed by atoms with Gasteiger partial charge in [0.15, 0.2) is 0 Å². The minimum Gasteiger partial charge on any atom is -0.386 e. The molecule has 0 atom stereocenters.